The fourth-order valence-corrected chi connectivity index (χ4v) is 2.51. The Morgan fingerprint density at radius 3 is 1.90 bits per heavy atom. The van der Waals surface area contributed by atoms with Crippen LogP contribution in [0.1, 0.15) is 25.7 Å². The van der Waals surface area contributed by atoms with Crippen LogP contribution >= 0.6 is 12.6 Å². The van der Waals surface area contributed by atoms with Crippen LogP contribution in [0.4, 0.5) is 0 Å². The summed E-state index contributed by atoms with van der Waals surface area (Å²) in [7, 11) is 0. The molecule has 0 aliphatic rings. The largest absolute Gasteiger partial charge is 0.480 e. The third-order valence-electron chi connectivity index (χ3n) is 3.95. The molecule has 0 saturated carbocycles. The number of carboxylic acid groups (broad SMARTS) is 1. The van der Waals surface area contributed by atoms with Crippen LogP contribution in [0.15, 0.2) is 0 Å². The first-order valence-corrected chi connectivity index (χ1v) is 9.80. The van der Waals surface area contributed by atoms with Crippen LogP contribution in [0, 0.1) is 0 Å². The molecule has 0 fully saturated rings. The number of amides is 4. The number of aliphatic hydroxyl groups excluding tert-OH is 1. The summed E-state index contributed by atoms with van der Waals surface area (Å²) in [5.41, 5.74) is 16.0. The van der Waals surface area contributed by atoms with Crippen LogP contribution in [0.25, 0.3) is 0 Å². The van der Waals surface area contributed by atoms with E-state index in [1.165, 1.54) is 0 Å². The number of carboxylic acids is 1. The van der Waals surface area contributed by atoms with Crippen LogP contribution in [0.2, 0.25) is 0 Å². The average molecular weight is 451 g/mol. The number of nitrogens with one attached hydrogen (secondary N) is 3. The second-order valence-electron chi connectivity index (χ2n) is 6.45. The van der Waals surface area contributed by atoms with Gasteiger partial charge < -0.3 is 43.4 Å². The van der Waals surface area contributed by atoms with Gasteiger partial charge in [-0.2, -0.15) is 12.6 Å². The van der Waals surface area contributed by atoms with Crippen molar-refractivity contribution in [2.75, 3.05) is 18.9 Å². The molecule has 0 aliphatic carbocycles. The summed E-state index contributed by atoms with van der Waals surface area (Å²) in [6.45, 7) is -0.290. The zero-order valence-electron chi connectivity index (χ0n) is 16.4. The van der Waals surface area contributed by atoms with E-state index in [0.717, 1.165) is 0 Å². The highest BCUT2D eigenvalue weighted by Gasteiger charge is 2.30. The lowest BCUT2D eigenvalue weighted by Crippen LogP contribution is -2.58. The molecule has 14 heteroatoms. The molecule has 4 amide bonds. The second kappa shape index (κ2) is 14.5. The third kappa shape index (κ3) is 10.4. The van der Waals surface area contributed by atoms with Crippen molar-refractivity contribution < 1.29 is 34.2 Å². The Morgan fingerprint density at radius 1 is 0.900 bits per heavy atom. The maximum Gasteiger partial charge on any atom is 0.327 e. The number of aliphatic carboxylic acids is 1. The summed E-state index contributed by atoms with van der Waals surface area (Å²) in [5.74, 6) is -5.06. The van der Waals surface area contributed by atoms with Crippen molar-refractivity contribution in [3.63, 3.8) is 0 Å². The summed E-state index contributed by atoms with van der Waals surface area (Å²) in [6.07, 6.45) is 0.554. The topological polar surface area (TPSA) is 240 Å². The van der Waals surface area contributed by atoms with E-state index in [1.54, 1.807) is 0 Å². The molecule has 0 aliphatic heterocycles. The van der Waals surface area contributed by atoms with E-state index >= 15 is 0 Å². The Hall–Kier alpha value is -2.42. The van der Waals surface area contributed by atoms with E-state index in [-0.39, 0.29) is 12.2 Å². The van der Waals surface area contributed by atoms with Crippen molar-refractivity contribution in [3.05, 3.63) is 0 Å². The minimum atomic E-state index is -1.47. The van der Waals surface area contributed by atoms with Crippen molar-refractivity contribution in [2.45, 2.75) is 49.9 Å². The molecule has 0 radical (unpaired) electrons. The van der Waals surface area contributed by atoms with Gasteiger partial charge in [0.2, 0.25) is 23.6 Å². The standard InChI is InChI=1S/C16H30N6O7S/c17-4-2-1-3-9(20-13(25)8(18)6-23)14(26)21-10(5-12(19)24)15(27)22-11(7-30)16(28)29/h8-11,23,30H,1-7,17-18H2,(H2,19,24)(H,20,25)(H,21,26)(H,22,27)(H,28,29). The van der Waals surface area contributed by atoms with E-state index in [2.05, 4.69) is 28.6 Å². The smallest absolute Gasteiger partial charge is 0.327 e. The van der Waals surface area contributed by atoms with Gasteiger partial charge in [-0.15, -0.1) is 0 Å². The third-order valence-corrected chi connectivity index (χ3v) is 4.31. The molecule has 0 rings (SSSR count). The normalized spacial score (nSPS) is 14.7. The first-order chi connectivity index (χ1) is 14.1. The predicted octanol–water partition coefficient (Wildman–Crippen LogP) is -4.22. The van der Waals surface area contributed by atoms with Crippen LogP contribution in [-0.4, -0.2) is 82.9 Å². The van der Waals surface area contributed by atoms with E-state index in [9.17, 15) is 24.0 Å². The summed E-state index contributed by atoms with van der Waals surface area (Å²) < 4.78 is 0. The summed E-state index contributed by atoms with van der Waals surface area (Å²) in [5, 5.41) is 24.8. The van der Waals surface area contributed by atoms with Crippen molar-refractivity contribution >= 4 is 42.2 Å². The molecule has 0 aromatic rings. The first kappa shape index (κ1) is 27.6. The van der Waals surface area contributed by atoms with Crippen LogP contribution in [0.5, 0.6) is 0 Å². The van der Waals surface area contributed by atoms with Crippen molar-refractivity contribution in [3.8, 4) is 0 Å². The fourth-order valence-electron chi connectivity index (χ4n) is 2.26. The lowest BCUT2D eigenvalue weighted by Gasteiger charge is -2.24. The Bertz CT molecular complexity index is 621. The molecule has 4 atom stereocenters. The van der Waals surface area contributed by atoms with E-state index in [0.29, 0.717) is 19.4 Å². The maximum absolute atomic E-state index is 12.6. The van der Waals surface area contributed by atoms with Gasteiger partial charge in [-0.1, -0.05) is 0 Å². The molecule has 0 heterocycles. The van der Waals surface area contributed by atoms with Crippen LogP contribution in [0.3, 0.4) is 0 Å². The fraction of sp³-hybridized carbons (Fsp3) is 0.688. The number of carbonyl (C=O) groups excluding carboxylic acids is 4. The molecule has 0 bridgehead atoms. The lowest BCUT2D eigenvalue weighted by atomic mass is 10.1. The molecule has 30 heavy (non-hydrogen) atoms. The van der Waals surface area contributed by atoms with Gasteiger partial charge >= 0.3 is 5.97 Å². The molecule has 11 N–H and O–H groups in total. The summed E-state index contributed by atoms with van der Waals surface area (Å²) in [6, 6.07) is -5.22. The molecule has 0 aromatic carbocycles. The van der Waals surface area contributed by atoms with E-state index in [4.69, 9.17) is 27.4 Å². The number of hydrogen-bond donors (Lipinski definition) is 9. The number of primary amides is 1. The van der Waals surface area contributed by atoms with Crippen LogP contribution in [-0.2, 0) is 24.0 Å². The quantitative estimate of drug-likeness (QED) is 0.0866. The summed E-state index contributed by atoms with van der Waals surface area (Å²) in [4.78, 5) is 59.3. The zero-order valence-corrected chi connectivity index (χ0v) is 17.3. The van der Waals surface area contributed by atoms with Gasteiger partial charge in [0.05, 0.1) is 13.0 Å². The molecular weight excluding hydrogens is 420 g/mol. The minimum absolute atomic E-state index is 0.145. The van der Waals surface area contributed by atoms with Gasteiger partial charge in [0, 0.05) is 5.75 Å². The Morgan fingerprint density at radius 2 is 1.43 bits per heavy atom. The Kier molecular flexibility index (Phi) is 13.4. The van der Waals surface area contributed by atoms with Gasteiger partial charge in [0.1, 0.15) is 24.2 Å². The molecule has 0 spiro atoms. The van der Waals surface area contributed by atoms with Gasteiger partial charge in [-0.25, -0.2) is 4.79 Å². The average Bonchev–Trinajstić information content (AvgIpc) is 2.69. The molecule has 13 nitrogen and oxygen atoms in total. The van der Waals surface area contributed by atoms with Crippen LogP contribution < -0.4 is 33.2 Å². The van der Waals surface area contributed by atoms with Gasteiger partial charge in [0.15, 0.2) is 0 Å². The zero-order chi connectivity index (χ0) is 23.3. The highest BCUT2D eigenvalue weighted by atomic mass is 32.1. The van der Waals surface area contributed by atoms with Gasteiger partial charge in [0.25, 0.3) is 0 Å². The molecule has 4 unspecified atom stereocenters. The first-order valence-electron chi connectivity index (χ1n) is 9.16. The number of carbonyl (C=O) groups is 5. The molecule has 0 saturated heterocycles. The van der Waals surface area contributed by atoms with E-state index in [1.807, 2.05) is 0 Å². The number of unbranched alkanes of at least 4 members (excludes halogenated alkanes) is 1. The second-order valence-corrected chi connectivity index (χ2v) is 6.81. The number of aliphatic hydroxyl groups is 1. The molecule has 0 aromatic heterocycles. The van der Waals surface area contributed by atoms with Crippen molar-refractivity contribution in [2.24, 2.45) is 17.2 Å². The lowest BCUT2D eigenvalue weighted by molar-refractivity contribution is -0.141. The predicted molar refractivity (Wildman–Crippen MR) is 109 cm³/mol. The number of thiol groups is 1. The maximum atomic E-state index is 12.6. The molecule has 172 valence electrons. The SMILES string of the molecule is NCCCCC(NC(=O)C(N)CO)C(=O)NC(CC(N)=O)C(=O)NC(CS)C(=O)O. The van der Waals surface area contributed by atoms with Gasteiger partial charge in [-0.05, 0) is 25.8 Å². The molecular formula is C16H30N6O7S. The minimum Gasteiger partial charge on any atom is -0.480 e. The number of hydrogen-bond acceptors (Lipinski definition) is 9. The Labute approximate surface area is 178 Å². The summed E-state index contributed by atoms with van der Waals surface area (Å²) >= 11 is 3.82. The Balaban J connectivity index is 5.37. The monoisotopic (exact) mass is 450 g/mol. The van der Waals surface area contributed by atoms with Crippen molar-refractivity contribution in [1.82, 2.24) is 16.0 Å². The van der Waals surface area contributed by atoms with Gasteiger partial charge in [-0.3, -0.25) is 19.2 Å². The highest BCUT2D eigenvalue weighted by Crippen LogP contribution is 2.04. The number of nitrogens with two attached hydrogens (primary N) is 3. The van der Waals surface area contributed by atoms with Crippen molar-refractivity contribution in [1.29, 1.82) is 0 Å². The highest BCUT2D eigenvalue weighted by molar-refractivity contribution is 7.80. The number of rotatable bonds is 15. The van der Waals surface area contributed by atoms with E-state index < -0.39 is 66.8 Å².